The second-order valence-electron chi connectivity index (χ2n) is 5.63. The van der Waals surface area contributed by atoms with Crippen molar-refractivity contribution in [3.8, 4) is 11.4 Å². The molecule has 2 aromatic carbocycles. The average molecular weight is 364 g/mol. The second kappa shape index (κ2) is 6.43. The maximum atomic E-state index is 11.5. The van der Waals surface area contributed by atoms with Crippen LogP contribution >= 0.6 is 23.2 Å². The van der Waals surface area contributed by atoms with Gasteiger partial charge in [0.2, 0.25) is 0 Å². The van der Waals surface area contributed by atoms with Crippen LogP contribution in [0.2, 0.25) is 10.0 Å². The van der Waals surface area contributed by atoms with Crippen LogP contribution in [-0.2, 0) is 6.54 Å². The zero-order valence-corrected chi connectivity index (χ0v) is 14.3. The molecule has 0 aliphatic carbocycles. The Hall–Kier alpha value is -2.08. The molecule has 0 bridgehead atoms. The molecular formula is C17H15Cl2N3O2. The van der Waals surface area contributed by atoms with Gasteiger partial charge in [0.05, 0.1) is 26.6 Å². The van der Waals surface area contributed by atoms with Gasteiger partial charge < -0.3 is 15.4 Å². The van der Waals surface area contributed by atoms with Crippen LogP contribution < -0.4 is 5.73 Å². The Morgan fingerprint density at radius 2 is 1.96 bits per heavy atom. The third-order valence-electron chi connectivity index (χ3n) is 3.66. The van der Waals surface area contributed by atoms with Gasteiger partial charge in [-0.1, -0.05) is 41.4 Å². The van der Waals surface area contributed by atoms with Crippen molar-refractivity contribution in [3.05, 3.63) is 52.0 Å². The van der Waals surface area contributed by atoms with Crippen molar-refractivity contribution < 1.29 is 9.90 Å². The third-order valence-corrected chi connectivity index (χ3v) is 4.38. The minimum absolute atomic E-state index is 0.146. The van der Waals surface area contributed by atoms with Crippen molar-refractivity contribution in [2.75, 3.05) is 0 Å². The van der Waals surface area contributed by atoms with Crippen molar-refractivity contribution in [3.63, 3.8) is 0 Å². The van der Waals surface area contributed by atoms with Gasteiger partial charge >= 0.3 is 5.97 Å². The molecule has 1 heterocycles. The molecule has 0 saturated carbocycles. The summed E-state index contributed by atoms with van der Waals surface area (Å²) in [6.45, 7) is 2.34. The van der Waals surface area contributed by atoms with Crippen LogP contribution in [0.15, 0.2) is 36.4 Å². The largest absolute Gasteiger partial charge is 0.478 e. The SMILES string of the molecule is CC(N)Cn1c(-c2ccccc2C(=O)O)nc2cc(Cl)c(Cl)cc21. The van der Waals surface area contributed by atoms with E-state index in [9.17, 15) is 9.90 Å². The predicted molar refractivity (Wildman–Crippen MR) is 95.8 cm³/mol. The summed E-state index contributed by atoms with van der Waals surface area (Å²) < 4.78 is 1.88. The fraction of sp³-hybridized carbons (Fsp3) is 0.176. The van der Waals surface area contributed by atoms with E-state index in [0.29, 0.717) is 33.5 Å². The standard InChI is InChI=1S/C17H15Cl2N3O2/c1-9(20)8-22-15-7-13(19)12(18)6-14(15)21-16(22)10-4-2-3-5-11(10)17(23)24/h2-7,9H,8,20H2,1H3,(H,23,24). The van der Waals surface area contributed by atoms with Crippen molar-refractivity contribution in [1.82, 2.24) is 9.55 Å². The third kappa shape index (κ3) is 2.98. The summed E-state index contributed by atoms with van der Waals surface area (Å²) in [5, 5.41) is 10.3. The minimum Gasteiger partial charge on any atom is -0.478 e. The van der Waals surface area contributed by atoms with Gasteiger partial charge in [-0.05, 0) is 25.1 Å². The highest BCUT2D eigenvalue weighted by Gasteiger charge is 2.19. The Bertz CT molecular complexity index is 935. The second-order valence-corrected chi connectivity index (χ2v) is 6.44. The lowest BCUT2D eigenvalue weighted by atomic mass is 10.1. The maximum absolute atomic E-state index is 11.5. The molecule has 7 heteroatoms. The predicted octanol–water partition coefficient (Wildman–Crippen LogP) is 4.06. The number of hydrogen-bond donors (Lipinski definition) is 2. The normalized spacial score (nSPS) is 12.5. The molecule has 0 spiro atoms. The van der Waals surface area contributed by atoms with Crippen LogP contribution in [-0.4, -0.2) is 26.7 Å². The quantitative estimate of drug-likeness (QED) is 0.732. The molecule has 1 unspecified atom stereocenters. The number of nitrogens with two attached hydrogens (primary N) is 1. The summed E-state index contributed by atoms with van der Waals surface area (Å²) in [4.78, 5) is 16.1. The smallest absolute Gasteiger partial charge is 0.336 e. The van der Waals surface area contributed by atoms with E-state index in [1.165, 1.54) is 0 Å². The van der Waals surface area contributed by atoms with Gasteiger partial charge in [-0.2, -0.15) is 0 Å². The summed E-state index contributed by atoms with van der Waals surface area (Å²) >= 11 is 12.2. The molecule has 3 rings (SSSR count). The zero-order chi connectivity index (χ0) is 17.4. The highest BCUT2D eigenvalue weighted by Crippen LogP contribution is 2.32. The molecule has 0 amide bonds. The number of imidazole rings is 1. The summed E-state index contributed by atoms with van der Waals surface area (Å²) in [6, 6.07) is 9.98. The van der Waals surface area contributed by atoms with E-state index in [2.05, 4.69) is 4.98 Å². The van der Waals surface area contributed by atoms with Gasteiger partial charge in [0, 0.05) is 18.2 Å². The molecule has 1 atom stereocenters. The summed E-state index contributed by atoms with van der Waals surface area (Å²) in [7, 11) is 0. The number of benzene rings is 2. The van der Waals surface area contributed by atoms with E-state index < -0.39 is 5.97 Å². The molecule has 0 aliphatic rings. The average Bonchev–Trinajstić information content (AvgIpc) is 2.85. The lowest BCUT2D eigenvalue weighted by Gasteiger charge is -2.13. The molecule has 0 radical (unpaired) electrons. The number of halogens is 2. The number of nitrogens with zero attached hydrogens (tertiary/aromatic N) is 2. The number of aromatic carboxylic acids is 1. The van der Waals surface area contributed by atoms with E-state index >= 15 is 0 Å². The zero-order valence-electron chi connectivity index (χ0n) is 12.8. The van der Waals surface area contributed by atoms with Crippen LogP contribution in [0.1, 0.15) is 17.3 Å². The first-order valence-electron chi connectivity index (χ1n) is 7.32. The molecular weight excluding hydrogens is 349 g/mol. The molecule has 124 valence electrons. The Morgan fingerprint density at radius 3 is 2.62 bits per heavy atom. The Labute approximate surface area is 148 Å². The van der Waals surface area contributed by atoms with E-state index in [1.54, 1.807) is 36.4 Å². The van der Waals surface area contributed by atoms with Gasteiger partial charge in [-0.15, -0.1) is 0 Å². The molecule has 0 saturated heterocycles. The number of hydrogen-bond acceptors (Lipinski definition) is 3. The Balaban J connectivity index is 2.33. The lowest BCUT2D eigenvalue weighted by molar-refractivity contribution is 0.0697. The number of fused-ring (bicyclic) bond motifs is 1. The molecule has 3 N–H and O–H groups in total. The number of rotatable bonds is 4. The summed E-state index contributed by atoms with van der Waals surface area (Å²) in [5.74, 6) is -0.486. The van der Waals surface area contributed by atoms with Gasteiger partial charge in [-0.3, -0.25) is 0 Å². The Kier molecular flexibility index (Phi) is 4.49. The maximum Gasteiger partial charge on any atom is 0.336 e. The van der Waals surface area contributed by atoms with Crippen molar-refractivity contribution in [1.29, 1.82) is 0 Å². The first kappa shape index (κ1) is 16.8. The molecule has 5 nitrogen and oxygen atoms in total. The van der Waals surface area contributed by atoms with E-state index in [-0.39, 0.29) is 11.6 Å². The van der Waals surface area contributed by atoms with Gasteiger partial charge in [0.25, 0.3) is 0 Å². The van der Waals surface area contributed by atoms with Crippen molar-refractivity contribution >= 4 is 40.2 Å². The first-order chi connectivity index (χ1) is 11.4. The van der Waals surface area contributed by atoms with Crippen LogP contribution in [0.3, 0.4) is 0 Å². The lowest BCUT2D eigenvalue weighted by Crippen LogP contribution is -2.22. The monoisotopic (exact) mass is 363 g/mol. The van der Waals surface area contributed by atoms with Gasteiger partial charge in [0.15, 0.2) is 0 Å². The van der Waals surface area contributed by atoms with E-state index in [1.807, 2.05) is 11.5 Å². The van der Waals surface area contributed by atoms with E-state index in [4.69, 9.17) is 28.9 Å². The number of carbonyl (C=O) groups is 1. The molecule has 0 aliphatic heterocycles. The van der Waals surface area contributed by atoms with Crippen molar-refractivity contribution in [2.45, 2.75) is 19.5 Å². The van der Waals surface area contributed by atoms with Gasteiger partial charge in [0.1, 0.15) is 5.82 Å². The van der Waals surface area contributed by atoms with Crippen LogP contribution in [0.5, 0.6) is 0 Å². The number of carboxylic acid groups (broad SMARTS) is 1. The van der Waals surface area contributed by atoms with Crippen LogP contribution in [0.25, 0.3) is 22.4 Å². The summed E-state index contributed by atoms with van der Waals surface area (Å²) in [5.41, 5.74) is 8.06. The van der Waals surface area contributed by atoms with Crippen molar-refractivity contribution in [2.24, 2.45) is 5.73 Å². The molecule has 3 aromatic rings. The van der Waals surface area contributed by atoms with Gasteiger partial charge in [-0.25, -0.2) is 9.78 Å². The number of carboxylic acids is 1. The topological polar surface area (TPSA) is 81.1 Å². The summed E-state index contributed by atoms with van der Waals surface area (Å²) in [6.07, 6.45) is 0. The van der Waals surface area contributed by atoms with Crippen LogP contribution in [0.4, 0.5) is 0 Å². The Morgan fingerprint density at radius 1 is 1.29 bits per heavy atom. The minimum atomic E-state index is -1.01. The molecule has 24 heavy (non-hydrogen) atoms. The first-order valence-corrected chi connectivity index (χ1v) is 8.07. The fourth-order valence-electron chi connectivity index (χ4n) is 2.66. The fourth-order valence-corrected chi connectivity index (χ4v) is 2.98. The highest BCUT2D eigenvalue weighted by molar-refractivity contribution is 6.42. The molecule has 1 aromatic heterocycles. The molecule has 0 fully saturated rings. The van der Waals surface area contributed by atoms with Crippen LogP contribution in [0, 0.1) is 0 Å². The highest BCUT2D eigenvalue weighted by atomic mass is 35.5. The number of aromatic nitrogens is 2. The van der Waals surface area contributed by atoms with E-state index in [0.717, 1.165) is 5.52 Å².